The average molecular weight is 393 g/mol. The summed E-state index contributed by atoms with van der Waals surface area (Å²) in [4.78, 5) is 23.2. The van der Waals surface area contributed by atoms with Crippen molar-refractivity contribution in [2.45, 2.75) is 46.1 Å². The van der Waals surface area contributed by atoms with Gasteiger partial charge in [0.15, 0.2) is 5.65 Å². The van der Waals surface area contributed by atoms with Gasteiger partial charge in [0.05, 0.1) is 11.9 Å². The SMILES string of the molecule is CC(C)(C)CC(=O)N1CCC[C@H]1CNc1ccc2ncc(-c3ccncc3)n2n1. The van der Waals surface area contributed by atoms with Crippen molar-refractivity contribution in [3.8, 4) is 11.3 Å². The van der Waals surface area contributed by atoms with Crippen molar-refractivity contribution in [1.82, 2.24) is 24.5 Å². The molecule has 0 spiro atoms. The van der Waals surface area contributed by atoms with Crippen LogP contribution >= 0.6 is 0 Å². The fourth-order valence-electron chi connectivity index (χ4n) is 3.84. The van der Waals surface area contributed by atoms with Crippen LogP contribution in [0, 0.1) is 5.41 Å². The molecule has 1 aliphatic rings. The number of amides is 1. The predicted molar refractivity (Wildman–Crippen MR) is 114 cm³/mol. The number of anilines is 1. The molecule has 4 heterocycles. The Morgan fingerprint density at radius 2 is 2.00 bits per heavy atom. The molecule has 3 aromatic heterocycles. The number of pyridine rings is 1. The van der Waals surface area contributed by atoms with Crippen LogP contribution in [0.1, 0.15) is 40.0 Å². The van der Waals surface area contributed by atoms with E-state index in [2.05, 4.69) is 36.1 Å². The lowest BCUT2D eigenvalue weighted by Crippen LogP contribution is -2.41. The van der Waals surface area contributed by atoms with E-state index in [9.17, 15) is 4.79 Å². The van der Waals surface area contributed by atoms with Crippen molar-refractivity contribution >= 4 is 17.4 Å². The van der Waals surface area contributed by atoms with Crippen molar-refractivity contribution < 1.29 is 4.79 Å². The van der Waals surface area contributed by atoms with Gasteiger partial charge in [-0.25, -0.2) is 9.50 Å². The fraction of sp³-hybridized carbons (Fsp3) is 0.455. The van der Waals surface area contributed by atoms with E-state index >= 15 is 0 Å². The Morgan fingerprint density at radius 3 is 2.76 bits per heavy atom. The second kappa shape index (κ2) is 7.81. The normalized spacial score (nSPS) is 17.1. The maximum Gasteiger partial charge on any atom is 0.223 e. The lowest BCUT2D eigenvalue weighted by Gasteiger charge is -2.28. The quantitative estimate of drug-likeness (QED) is 0.718. The van der Waals surface area contributed by atoms with Gasteiger partial charge < -0.3 is 10.2 Å². The number of aromatic nitrogens is 4. The fourth-order valence-corrected chi connectivity index (χ4v) is 3.84. The lowest BCUT2D eigenvalue weighted by atomic mass is 9.91. The van der Waals surface area contributed by atoms with E-state index in [1.807, 2.05) is 39.9 Å². The van der Waals surface area contributed by atoms with Crippen molar-refractivity contribution in [2.75, 3.05) is 18.4 Å². The van der Waals surface area contributed by atoms with Crippen LogP contribution in [-0.2, 0) is 4.79 Å². The van der Waals surface area contributed by atoms with E-state index in [-0.39, 0.29) is 17.4 Å². The van der Waals surface area contributed by atoms with E-state index in [0.29, 0.717) is 13.0 Å². The molecular weight excluding hydrogens is 364 g/mol. The number of hydrogen-bond acceptors (Lipinski definition) is 5. The molecule has 7 heteroatoms. The molecule has 0 aliphatic carbocycles. The van der Waals surface area contributed by atoms with Gasteiger partial charge in [0.1, 0.15) is 5.82 Å². The second-order valence-corrected chi connectivity index (χ2v) is 8.87. The number of fused-ring (bicyclic) bond motifs is 1. The highest BCUT2D eigenvalue weighted by Gasteiger charge is 2.30. The smallest absolute Gasteiger partial charge is 0.223 e. The number of rotatable bonds is 5. The molecule has 0 unspecified atom stereocenters. The Morgan fingerprint density at radius 1 is 1.21 bits per heavy atom. The maximum absolute atomic E-state index is 12.7. The Bertz CT molecular complexity index is 991. The van der Waals surface area contributed by atoms with E-state index in [1.54, 1.807) is 12.4 Å². The van der Waals surface area contributed by atoms with Crippen LogP contribution in [0.4, 0.5) is 5.82 Å². The van der Waals surface area contributed by atoms with E-state index in [4.69, 9.17) is 5.10 Å². The molecule has 1 fully saturated rings. The zero-order valence-corrected chi connectivity index (χ0v) is 17.3. The van der Waals surface area contributed by atoms with Crippen molar-refractivity contribution in [3.63, 3.8) is 0 Å². The minimum Gasteiger partial charge on any atom is -0.367 e. The molecule has 0 aromatic carbocycles. The van der Waals surface area contributed by atoms with Crippen LogP contribution in [0.2, 0.25) is 0 Å². The molecule has 1 amide bonds. The molecule has 7 nitrogen and oxygen atoms in total. The third-order valence-electron chi connectivity index (χ3n) is 5.24. The van der Waals surface area contributed by atoms with E-state index < -0.39 is 0 Å². The molecule has 1 aliphatic heterocycles. The Kier molecular flexibility index (Phi) is 5.22. The molecule has 0 bridgehead atoms. The van der Waals surface area contributed by atoms with Gasteiger partial charge in [-0.1, -0.05) is 20.8 Å². The second-order valence-electron chi connectivity index (χ2n) is 8.87. The van der Waals surface area contributed by atoms with Crippen LogP contribution in [0.5, 0.6) is 0 Å². The number of nitrogens with one attached hydrogen (secondary N) is 1. The zero-order valence-electron chi connectivity index (χ0n) is 17.3. The van der Waals surface area contributed by atoms with Gasteiger partial charge in [0.25, 0.3) is 0 Å². The van der Waals surface area contributed by atoms with Gasteiger partial charge in [-0.05, 0) is 42.5 Å². The molecular formula is C22H28N6O. The molecule has 4 rings (SSSR count). The summed E-state index contributed by atoms with van der Waals surface area (Å²) in [6.07, 6.45) is 8.02. The summed E-state index contributed by atoms with van der Waals surface area (Å²) in [5.74, 6) is 1.03. The van der Waals surface area contributed by atoms with Crippen LogP contribution < -0.4 is 5.32 Å². The summed E-state index contributed by atoms with van der Waals surface area (Å²) in [5.41, 5.74) is 2.75. The molecule has 0 saturated carbocycles. The monoisotopic (exact) mass is 392 g/mol. The Balaban J connectivity index is 1.48. The van der Waals surface area contributed by atoms with Gasteiger partial charge in [-0.2, -0.15) is 0 Å². The molecule has 1 atom stereocenters. The molecule has 152 valence electrons. The minimum atomic E-state index is 0.00895. The topological polar surface area (TPSA) is 75.4 Å². The lowest BCUT2D eigenvalue weighted by molar-refractivity contribution is -0.133. The highest BCUT2D eigenvalue weighted by Crippen LogP contribution is 2.25. The van der Waals surface area contributed by atoms with Crippen LogP contribution in [-0.4, -0.2) is 49.5 Å². The summed E-state index contributed by atoms with van der Waals surface area (Å²) in [6.45, 7) is 7.88. The Hall–Kier alpha value is -2.96. The molecule has 29 heavy (non-hydrogen) atoms. The van der Waals surface area contributed by atoms with Gasteiger partial charge >= 0.3 is 0 Å². The van der Waals surface area contributed by atoms with Gasteiger partial charge in [0, 0.05) is 43.5 Å². The first kappa shape index (κ1) is 19.4. The van der Waals surface area contributed by atoms with Gasteiger partial charge in [-0.3, -0.25) is 9.78 Å². The number of likely N-dealkylation sites (tertiary alicyclic amines) is 1. The van der Waals surface area contributed by atoms with Crippen molar-refractivity contribution in [1.29, 1.82) is 0 Å². The van der Waals surface area contributed by atoms with Crippen LogP contribution in [0.25, 0.3) is 16.9 Å². The van der Waals surface area contributed by atoms with Crippen molar-refractivity contribution in [3.05, 3.63) is 42.9 Å². The van der Waals surface area contributed by atoms with Crippen LogP contribution in [0.15, 0.2) is 42.9 Å². The zero-order chi connectivity index (χ0) is 20.4. The molecule has 1 N–H and O–H groups in total. The molecule has 1 saturated heterocycles. The summed E-state index contributed by atoms with van der Waals surface area (Å²) < 4.78 is 1.84. The third-order valence-corrected chi connectivity index (χ3v) is 5.24. The number of imidazole rings is 1. The number of carbonyl (C=O) groups is 1. The summed E-state index contributed by atoms with van der Waals surface area (Å²) >= 11 is 0. The average Bonchev–Trinajstić information content (AvgIpc) is 3.32. The highest BCUT2D eigenvalue weighted by molar-refractivity contribution is 5.77. The first-order valence-electron chi connectivity index (χ1n) is 10.2. The van der Waals surface area contributed by atoms with Gasteiger partial charge in [0.2, 0.25) is 5.91 Å². The molecule has 0 radical (unpaired) electrons. The number of hydrogen-bond donors (Lipinski definition) is 1. The minimum absolute atomic E-state index is 0.00895. The first-order valence-corrected chi connectivity index (χ1v) is 10.2. The maximum atomic E-state index is 12.7. The summed E-state index contributed by atoms with van der Waals surface area (Å²) in [7, 11) is 0. The highest BCUT2D eigenvalue weighted by atomic mass is 16.2. The Labute approximate surface area is 171 Å². The third kappa shape index (κ3) is 4.39. The largest absolute Gasteiger partial charge is 0.367 e. The van der Waals surface area contributed by atoms with Gasteiger partial charge in [-0.15, -0.1) is 5.10 Å². The van der Waals surface area contributed by atoms with E-state index in [0.717, 1.165) is 42.1 Å². The summed E-state index contributed by atoms with van der Waals surface area (Å²) in [5, 5.41) is 8.15. The summed E-state index contributed by atoms with van der Waals surface area (Å²) in [6, 6.07) is 8.00. The number of nitrogens with zero attached hydrogens (tertiary/aromatic N) is 5. The first-order chi connectivity index (χ1) is 13.9. The number of carbonyl (C=O) groups excluding carboxylic acids is 1. The van der Waals surface area contributed by atoms with Crippen molar-refractivity contribution in [2.24, 2.45) is 5.41 Å². The van der Waals surface area contributed by atoms with Crippen LogP contribution in [0.3, 0.4) is 0 Å². The standard InChI is InChI=1S/C22H28N6O/c1-22(2,3)13-21(29)27-12-4-5-17(27)14-24-19-6-7-20-25-15-18(28(20)26-19)16-8-10-23-11-9-16/h6-11,15,17H,4-5,12-14H2,1-3H3,(H,24,26)/t17-/m0/s1. The molecule has 3 aromatic rings. The predicted octanol–water partition coefficient (Wildman–Crippen LogP) is 3.63. The van der Waals surface area contributed by atoms with E-state index in [1.165, 1.54) is 0 Å².